The Balaban J connectivity index is 2.49. The van der Waals surface area contributed by atoms with Crippen LogP contribution in [0.15, 0.2) is 0 Å². The molecule has 1 fully saturated rings. The van der Waals surface area contributed by atoms with Gasteiger partial charge in [0.25, 0.3) is 0 Å². The van der Waals surface area contributed by atoms with Crippen molar-refractivity contribution < 1.29 is 5.11 Å². The lowest BCUT2D eigenvalue weighted by Crippen LogP contribution is -2.37. The van der Waals surface area contributed by atoms with Crippen LogP contribution >= 0.6 is 0 Å². The van der Waals surface area contributed by atoms with Gasteiger partial charge >= 0.3 is 0 Å². The van der Waals surface area contributed by atoms with Crippen molar-refractivity contribution in [3.63, 3.8) is 0 Å². The summed E-state index contributed by atoms with van der Waals surface area (Å²) in [6, 6.07) is 0. The van der Waals surface area contributed by atoms with Gasteiger partial charge in [-0.25, -0.2) is 0 Å². The van der Waals surface area contributed by atoms with E-state index in [1.807, 2.05) is 13.8 Å². The third kappa shape index (κ3) is 3.09. The van der Waals surface area contributed by atoms with Crippen molar-refractivity contribution in [1.82, 2.24) is 0 Å². The standard InChI is InChI=1S/C12H23NO/c1-3-11(13)9-12(2,14)10-7-5-4-6-8-10/h10,13-14H,3-9H2,1-2H3. The number of hydrogen-bond acceptors (Lipinski definition) is 2. The molecule has 0 radical (unpaired) electrons. The number of hydrogen-bond donors (Lipinski definition) is 2. The maximum absolute atomic E-state index is 10.3. The third-order valence-electron chi connectivity index (χ3n) is 3.48. The molecule has 14 heavy (non-hydrogen) atoms. The van der Waals surface area contributed by atoms with Crippen LogP contribution in [0.3, 0.4) is 0 Å². The second-order valence-corrected chi connectivity index (χ2v) is 4.83. The highest BCUT2D eigenvalue weighted by atomic mass is 16.3. The minimum absolute atomic E-state index is 0.420. The molecule has 2 N–H and O–H groups in total. The fourth-order valence-corrected chi connectivity index (χ4v) is 2.43. The maximum Gasteiger partial charge on any atom is 0.0699 e. The first-order valence-corrected chi connectivity index (χ1v) is 5.85. The van der Waals surface area contributed by atoms with Gasteiger partial charge < -0.3 is 10.5 Å². The van der Waals surface area contributed by atoms with Crippen molar-refractivity contribution in [2.75, 3.05) is 0 Å². The van der Waals surface area contributed by atoms with E-state index in [9.17, 15) is 5.11 Å². The van der Waals surface area contributed by atoms with Crippen LogP contribution in [0.2, 0.25) is 0 Å². The summed E-state index contributed by atoms with van der Waals surface area (Å²) in [5.74, 6) is 0.420. The lowest BCUT2D eigenvalue weighted by Gasteiger charge is -2.35. The maximum atomic E-state index is 10.3. The summed E-state index contributed by atoms with van der Waals surface area (Å²) < 4.78 is 0. The smallest absolute Gasteiger partial charge is 0.0699 e. The average molecular weight is 197 g/mol. The first-order chi connectivity index (χ1) is 6.56. The van der Waals surface area contributed by atoms with Gasteiger partial charge in [-0.05, 0) is 32.1 Å². The topological polar surface area (TPSA) is 44.1 Å². The summed E-state index contributed by atoms with van der Waals surface area (Å²) >= 11 is 0. The van der Waals surface area contributed by atoms with Crippen molar-refractivity contribution in [3.8, 4) is 0 Å². The summed E-state index contributed by atoms with van der Waals surface area (Å²) in [5, 5.41) is 18.0. The second-order valence-electron chi connectivity index (χ2n) is 4.83. The molecule has 0 saturated heterocycles. The van der Waals surface area contributed by atoms with E-state index in [0.29, 0.717) is 18.1 Å². The Kier molecular flexibility index (Phi) is 4.11. The zero-order valence-corrected chi connectivity index (χ0v) is 9.47. The van der Waals surface area contributed by atoms with Crippen LogP contribution in [-0.4, -0.2) is 16.4 Å². The molecule has 1 atom stereocenters. The van der Waals surface area contributed by atoms with Crippen molar-refractivity contribution in [1.29, 1.82) is 5.41 Å². The van der Waals surface area contributed by atoms with Crippen molar-refractivity contribution in [2.45, 2.75) is 64.4 Å². The normalized spacial score (nSPS) is 23.1. The van der Waals surface area contributed by atoms with Gasteiger partial charge in [0.2, 0.25) is 0 Å². The molecule has 0 aromatic rings. The molecule has 0 aromatic carbocycles. The molecule has 82 valence electrons. The van der Waals surface area contributed by atoms with Gasteiger partial charge in [-0.2, -0.15) is 0 Å². The van der Waals surface area contributed by atoms with E-state index < -0.39 is 5.60 Å². The molecular weight excluding hydrogens is 174 g/mol. The summed E-state index contributed by atoms with van der Waals surface area (Å²) in [4.78, 5) is 0. The van der Waals surface area contributed by atoms with E-state index in [-0.39, 0.29) is 0 Å². The van der Waals surface area contributed by atoms with E-state index in [2.05, 4.69) is 0 Å². The predicted octanol–water partition coefficient (Wildman–Crippen LogP) is 3.14. The first-order valence-electron chi connectivity index (χ1n) is 5.85. The first kappa shape index (κ1) is 11.7. The molecule has 0 spiro atoms. The highest BCUT2D eigenvalue weighted by Crippen LogP contribution is 2.34. The molecule has 0 aromatic heterocycles. The Hall–Kier alpha value is -0.370. The van der Waals surface area contributed by atoms with E-state index in [1.165, 1.54) is 19.3 Å². The van der Waals surface area contributed by atoms with Crippen LogP contribution < -0.4 is 0 Å². The minimum Gasteiger partial charge on any atom is -0.389 e. The van der Waals surface area contributed by atoms with Gasteiger partial charge in [0.1, 0.15) is 0 Å². The number of aliphatic hydroxyl groups is 1. The van der Waals surface area contributed by atoms with E-state index >= 15 is 0 Å². The van der Waals surface area contributed by atoms with Gasteiger partial charge in [0.15, 0.2) is 0 Å². The van der Waals surface area contributed by atoms with Gasteiger partial charge in [-0.1, -0.05) is 26.2 Å². The Morgan fingerprint density at radius 1 is 1.36 bits per heavy atom. The molecule has 0 bridgehead atoms. The molecule has 0 aliphatic heterocycles. The summed E-state index contributed by atoms with van der Waals surface area (Å²) in [7, 11) is 0. The largest absolute Gasteiger partial charge is 0.389 e. The molecule has 1 aliphatic carbocycles. The van der Waals surface area contributed by atoms with Crippen molar-refractivity contribution in [2.24, 2.45) is 5.92 Å². The minimum atomic E-state index is -0.631. The predicted molar refractivity (Wildman–Crippen MR) is 59.8 cm³/mol. The Morgan fingerprint density at radius 2 is 1.93 bits per heavy atom. The lowest BCUT2D eigenvalue weighted by molar-refractivity contribution is -0.0103. The van der Waals surface area contributed by atoms with Crippen LogP contribution in [0, 0.1) is 11.3 Å². The number of rotatable bonds is 4. The molecule has 1 aliphatic rings. The molecule has 0 heterocycles. The van der Waals surface area contributed by atoms with E-state index in [0.717, 1.165) is 19.3 Å². The Morgan fingerprint density at radius 3 is 2.43 bits per heavy atom. The van der Waals surface area contributed by atoms with Crippen molar-refractivity contribution >= 4 is 5.71 Å². The molecule has 0 amide bonds. The van der Waals surface area contributed by atoms with Gasteiger partial charge in [0, 0.05) is 12.1 Å². The van der Waals surface area contributed by atoms with E-state index in [4.69, 9.17) is 5.41 Å². The van der Waals surface area contributed by atoms with Crippen LogP contribution in [-0.2, 0) is 0 Å². The third-order valence-corrected chi connectivity index (χ3v) is 3.48. The highest BCUT2D eigenvalue weighted by Gasteiger charge is 2.33. The summed E-state index contributed by atoms with van der Waals surface area (Å²) in [6.45, 7) is 3.90. The fourth-order valence-electron chi connectivity index (χ4n) is 2.43. The Bertz CT molecular complexity index is 192. The fraction of sp³-hybridized carbons (Fsp3) is 0.917. The Labute approximate surface area is 87.2 Å². The zero-order chi connectivity index (χ0) is 10.6. The highest BCUT2D eigenvalue weighted by molar-refractivity contribution is 5.81. The zero-order valence-electron chi connectivity index (χ0n) is 9.47. The van der Waals surface area contributed by atoms with Gasteiger partial charge in [-0.15, -0.1) is 0 Å². The average Bonchev–Trinajstić information content (AvgIpc) is 2.18. The van der Waals surface area contributed by atoms with Gasteiger partial charge in [-0.3, -0.25) is 0 Å². The van der Waals surface area contributed by atoms with Crippen molar-refractivity contribution in [3.05, 3.63) is 0 Å². The van der Waals surface area contributed by atoms with Crippen LogP contribution in [0.1, 0.15) is 58.8 Å². The SMILES string of the molecule is CCC(=N)CC(C)(O)C1CCCCC1. The molecule has 2 nitrogen and oxygen atoms in total. The molecule has 1 rings (SSSR count). The molecule has 1 unspecified atom stereocenters. The molecule has 2 heteroatoms. The summed E-state index contributed by atoms with van der Waals surface area (Å²) in [5.41, 5.74) is 0.0497. The monoisotopic (exact) mass is 197 g/mol. The lowest BCUT2D eigenvalue weighted by atomic mass is 9.75. The number of nitrogens with one attached hydrogen (secondary N) is 1. The van der Waals surface area contributed by atoms with Crippen LogP contribution in [0.5, 0.6) is 0 Å². The second kappa shape index (κ2) is 4.92. The van der Waals surface area contributed by atoms with Crippen LogP contribution in [0.4, 0.5) is 0 Å². The van der Waals surface area contributed by atoms with E-state index in [1.54, 1.807) is 0 Å². The summed E-state index contributed by atoms with van der Waals surface area (Å²) in [6.07, 6.45) is 7.43. The quantitative estimate of drug-likeness (QED) is 0.668. The molecule has 1 saturated carbocycles. The van der Waals surface area contributed by atoms with Gasteiger partial charge in [0.05, 0.1) is 5.60 Å². The van der Waals surface area contributed by atoms with Crippen LogP contribution in [0.25, 0.3) is 0 Å². The molecular formula is C12H23NO.